The number of rotatable bonds is 6. The fraction of sp³-hybridized carbons (Fsp3) is 0.667. The van der Waals surface area contributed by atoms with Crippen LogP contribution in [0, 0.1) is 0 Å². The van der Waals surface area contributed by atoms with Crippen LogP contribution >= 0.6 is 0 Å². The summed E-state index contributed by atoms with van der Waals surface area (Å²) in [6.45, 7) is 7.36. The van der Waals surface area contributed by atoms with Crippen LogP contribution < -0.4 is 11.1 Å². The average molecular weight is 283 g/mol. The molecule has 8 nitrogen and oxygen atoms in total. The lowest BCUT2D eigenvalue weighted by Gasteiger charge is -2.16. The summed E-state index contributed by atoms with van der Waals surface area (Å²) in [5, 5.41) is 10.4. The zero-order valence-electron chi connectivity index (χ0n) is 12.2. The van der Waals surface area contributed by atoms with Crippen molar-refractivity contribution in [3.8, 4) is 0 Å². The Hall–Kier alpha value is -1.96. The van der Waals surface area contributed by atoms with Crippen LogP contribution in [0.4, 0.5) is 0 Å². The molecule has 0 radical (unpaired) electrons. The molecule has 112 valence electrons. The molecule has 8 heteroatoms. The summed E-state index contributed by atoms with van der Waals surface area (Å²) in [4.78, 5) is 23.7. The van der Waals surface area contributed by atoms with Gasteiger partial charge >= 0.3 is 5.97 Å². The lowest BCUT2D eigenvalue weighted by atomic mass is 10.2. The van der Waals surface area contributed by atoms with E-state index in [1.165, 1.54) is 4.68 Å². The molecule has 1 heterocycles. The summed E-state index contributed by atoms with van der Waals surface area (Å²) in [6, 6.07) is -0.592. The Balaban J connectivity index is 3.01. The Morgan fingerprint density at radius 1 is 1.40 bits per heavy atom. The summed E-state index contributed by atoms with van der Waals surface area (Å²) in [5.74, 6) is -0.800. The number of carbonyl (C=O) groups is 2. The first-order valence-electron chi connectivity index (χ1n) is 6.53. The van der Waals surface area contributed by atoms with Crippen molar-refractivity contribution in [3.05, 3.63) is 11.4 Å². The molecule has 0 aliphatic heterocycles. The maximum absolute atomic E-state index is 12.0. The predicted octanol–water partition coefficient (Wildman–Crippen LogP) is -0.000900. The van der Waals surface area contributed by atoms with Gasteiger partial charge in [0.1, 0.15) is 6.04 Å². The standard InChI is InChI=1S/C12H21N5O3/c1-5-20-12(19)10-9(6-13)17(16-15-10)8(4)11(18)14-7(2)3/h7-8H,5-6,13H2,1-4H3,(H,14,18). The molecule has 0 fully saturated rings. The van der Waals surface area contributed by atoms with E-state index >= 15 is 0 Å². The highest BCUT2D eigenvalue weighted by molar-refractivity contribution is 5.88. The topological polar surface area (TPSA) is 112 Å². The summed E-state index contributed by atoms with van der Waals surface area (Å²) in [6.07, 6.45) is 0. The highest BCUT2D eigenvalue weighted by atomic mass is 16.5. The Bertz CT molecular complexity index is 483. The lowest BCUT2D eigenvalue weighted by Crippen LogP contribution is -2.36. The molecular weight excluding hydrogens is 262 g/mol. The first-order chi connectivity index (χ1) is 9.42. The molecule has 1 aromatic heterocycles. The van der Waals surface area contributed by atoms with Crippen molar-refractivity contribution in [3.63, 3.8) is 0 Å². The number of aromatic nitrogens is 3. The molecule has 0 aliphatic carbocycles. The Kier molecular flexibility index (Phi) is 5.63. The zero-order chi connectivity index (χ0) is 15.3. The fourth-order valence-electron chi connectivity index (χ4n) is 1.69. The predicted molar refractivity (Wildman–Crippen MR) is 71.9 cm³/mol. The number of amides is 1. The summed E-state index contributed by atoms with van der Waals surface area (Å²) in [7, 11) is 0. The number of nitrogens with one attached hydrogen (secondary N) is 1. The number of hydrogen-bond donors (Lipinski definition) is 2. The molecule has 0 saturated carbocycles. The number of nitrogens with two attached hydrogens (primary N) is 1. The van der Waals surface area contributed by atoms with Crippen LogP contribution in [0.5, 0.6) is 0 Å². The first-order valence-corrected chi connectivity index (χ1v) is 6.53. The molecule has 0 spiro atoms. The van der Waals surface area contributed by atoms with Crippen LogP contribution in [-0.2, 0) is 16.1 Å². The second kappa shape index (κ2) is 6.99. The van der Waals surface area contributed by atoms with Gasteiger partial charge in [-0.05, 0) is 27.7 Å². The van der Waals surface area contributed by atoms with Crippen molar-refractivity contribution in [1.29, 1.82) is 0 Å². The van der Waals surface area contributed by atoms with Crippen LogP contribution in [0.15, 0.2) is 0 Å². The molecule has 20 heavy (non-hydrogen) atoms. The molecule has 1 amide bonds. The fourth-order valence-corrected chi connectivity index (χ4v) is 1.69. The lowest BCUT2D eigenvalue weighted by molar-refractivity contribution is -0.124. The average Bonchev–Trinajstić information content (AvgIpc) is 2.80. The van der Waals surface area contributed by atoms with Crippen molar-refractivity contribution < 1.29 is 14.3 Å². The van der Waals surface area contributed by atoms with Gasteiger partial charge < -0.3 is 15.8 Å². The second-order valence-electron chi connectivity index (χ2n) is 4.59. The summed E-state index contributed by atoms with van der Waals surface area (Å²) in [5.41, 5.74) is 6.07. The molecular formula is C12H21N5O3. The van der Waals surface area contributed by atoms with Crippen LogP contribution in [0.25, 0.3) is 0 Å². The molecule has 0 aliphatic rings. The molecule has 1 rings (SSSR count). The van der Waals surface area contributed by atoms with E-state index in [1.54, 1.807) is 13.8 Å². The molecule has 3 N–H and O–H groups in total. The van der Waals surface area contributed by atoms with Gasteiger partial charge in [-0.3, -0.25) is 4.79 Å². The van der Waals surface area contributed by atoms with E-state index in [2.05, 4.69) is 15.6 Å². The smallest absolute Gasteiger partial charge is 0.360 e. The first kappa shape index (κ1) is 16.1. The number of esters is 1. The Morgan fingerprint density at radius 3 is 2.55 bits per heavy atom. The number of hydrogen-bond acceptors (Lipinski definition) is 6. The van der Waals surface area contributed by atoms with Gasteiger partial charge in [-0.2, -0.15) is 0 Å². The highest BCUT2D eigenvalue weighted by Gasteiger charge is 2.25. The van der Waals surface area contributed by atoms with E-state index in [-0.39, 0.29) is 30.8 Å². The van der Waals surface area contributed by atoms with Crippen molar-refractivity contribution in [2.75, 3.05) is 6.61 Å². The molecule has 1 aromatic rings. The van der Waals surface area contributed by atoms with Gasteiger partial charge in [0.05, 0.1) is 12.3 Å². The van der Waals surface area contributed by atoms with Gasteiger partial charge in [-0.25, -0.2) is 9.48 Å². The number of ether oxygens (including phenoxy) is 1. The van der Waals surface area contributed by atoms with Gasteiger partial charge in [-0.1, -0.05) is 5.21 Å². The van der Waals surface area contributed by atoms with Crippen molar-refractivity contribution in [1.82, 2.24) is 20.3 Å². The minimum absolute atomic E-state index is 0.0133. The van der Waals surface area contributed by atoms with Gasteiger partial charge in [-0.15, -0.1) is 5.10 Å². The van der Waals surface area contributed by atoms with Crippen molar-refractivity contribution >= 4 is 11.9 Å². The van der Waals surface area contributed by atoms with Gasteiger partial charge in [0.15, 0.2) is 5.69 Å². The SMILES string of the molecule is CCOC(=O)c1nnn(C(C)C(=O)NC(C)C)c1CN. The molecule has 0 bridgehead atoms. The second-order valence-corrected chi connectivity index (χ2v) is 4.59. The monoisotopic (exact) mass is 283 g/mol. The van der Waals surface area contributed by atoms with Crippen LogP contribution in [0.3, 0.4) is 0 Å². The minimum atomic E-state index is -0.605. The van der Waals surface area contributed by atoms with Crippen LogP contribution in [0.1, 0.15) is 49.9 Å². The zero-order valence-corrected chi connectivity index (χ0v) is 12.2. The number of nitrogens with zero attached hydrogens (tertiary/aromatic N) is 3. The third kappa shape index (κ3) is 3.53. The van der Waals surface area contributed by atoms with Gasteiger partial charge in [0.2, 0.25) is 5.91 Å². The maximum Gasteiger partial charge on any atom is 0.360 e. The molecule has 1 unspecified atom stereocenters. The summed E-state index contributed by atoms with van der Waals surface area (Å²) < 4.78 is 6.23. The maximum atomic E-state index is 12.0. The van der Waals surface area contributed by atoms with Crippen molar-refractivity contribution in [2.24, 2.45) is 5.73 Å². The largest absolute Gasteiger partial charge is 0.461 e. The molecule has 0 aromatic carbocycles. The molecule has 0 saturated heterocycles. The van der Waals surface area contributed by atoms with E-state index in [0.717, 1.165) is 0 Å². The Labute approximate surface area is 117 Å². The van der Waals surface area contributed by atoms with E-state index in [1.807, 2.05) is 13.8 Å². The minimum Gasteiger partial charge on any atom is -0.461 e. The van der Waals surface area contributed by atoms with Crippen LogP contribution in [0.2, 0.25) is 0 Å². The normalized spacial score (nSPS) is 12.3. The van der Waals surface area contributed by atoms with Gasteiger partial charge in [0, 0.05) is 12.6 Å². The van der Waals surface area contributed by atoms with Crippen LogP contribution in [-0.4, -0.2) is 39.5 Å². The third-order valence-electron chi connectivity index (χ3n) is 2.63. The quantitative estimate of drug-likeness (QED) is 0.711. The Morgan fingerprint density at radius 2 is 2.05 bits per heavy atom. The highest BCUT2D eigenvalue weighted by Crippen LogP contribution is 2.13. The summed E-state index contributed by atoms with van der Waals surface area (Å²) >= 11 is 0. The van der Waals surface area contributed by atoms with E-state index < -0.39 is 12.0 Å². The number of carbonyl (C=O) groups excluding carboxylic acids is 2. The van der Waals surface area contributed by atoms with E-state index in [4.69, 9.17) is 10.5 Å². The molecule has 1 atom stereocenters. The van der Waals surface area contributed by atoms with E-state index in [0.29, 0.717) is 5.69 Å². The van der Waals surface area contributed by atoms with Gasteiger partial charge in [0.25, 0.3) is 0 Å². The van der Waals surface area contributed by atoms with E-state index in [9.17, 15) is 9.59 Å². The van der Waals surface area contributed by atoms with Crippen molar-refractivity contribution in [2.45, 2.75) is 46.3 Å². The third-order valence-corrected chi connectivity index (χ3v) is 2.63.